The number of anilines is 1. The molecule has 9 heteroatoms. The number of likely N-dealkylation sites (tertiary alicyclic amines) is 2. The number of carbonyl (C=O) groups excluding carboxylic acids is 3. The number of piperidine rings is 1. The molecule has 1 aliphatic carbocycles. The van der Waals surface area contributed by atoms with E-state index in [9.17, 15) is 14.4 Å². The summed E-state index contributed by atoms with van der Waals surface area (Å²) in [5.41, 5.74) is 0.827. The number of ether oxygens (including phenoxy) is 1. The summed E-state index contributed by atoms with van der Waals surface area (Å²) in [6.45, 7) is 3.41. The van der Waals surface area contributed by atoms with Gasteiger partial charge in [-0.1, -0.05) is 79.4 Å². The van der Waals surface area contributed by atoms with Crippen LogP contribution in [0.25, 0.3) is 0 Å². The molecule has 46 heavy (non-hydrogen) atoms. The average molecular weight is 645 g/mol. The van der Waals surface area contributed by atoms with E-state index in [1.54, 1.807) is 29.2 Å². The maximum Gasteiger partial charge on any atom is 0.246 e. The normalized spacial score (nSPS) is 29.7. The molecule has 5 aliphatic rings. The third-order valence-electron chi connectivity index (χ3n) is 10.9. The van der Waals surface area contributed by atoms with Crippen molar-refractivity contribution in [2.45, 2.75) is 81.6 Å². The van der Waals surface area contributed by atoms with E-state index < -0.39 is 29.6 Å². The lowest BCUT2D eigenvalue weighted by Gasteiger charge is -2.35. The minimum Gasteiger partial charge on any atom is -0.359 e. The molecule has 5 atom stereocenters. The van der Waals surface area contributed by atoms with Gasteiger partial charge in [0, 0.05) is 23.3 Å². The van der Waals surface area contributed by atoms with Gasteiger partial charge >= 0.3 is 0 Å². The standard InChI is InChI=1S/C37H45ClN4O4/c38-27-11-7-14-29(24-27)40-34(43)31-30-15-18-37(46-30)32(31)36(45)42(33(37)35(44)39-28-12-5-2-6-13-28)20-8-19-41-21-16-26(17-22-41)23-25-9-3-1-4-10-25/h1,3-4,7,9-11,14-15,18,24,26,28,30-33H,2,5-6,8,12-13,16-17,19-23H2,(H,39,44)(H,40,43)/t30-,31+,32-,33+,37-/m1/s1. The lowest BCUT2D eigenvalue weighted by molar-refractivity contribution is -0.141. The molecule has 1 spiro atoms. The van der Waals surface area contributed by atoms with Gasteiger partial charge < -0.3 is 25.2 Å². The minimum absolute atomic E-state index is 0.107. The first-order chi connectivity index (χ1) is 22.4. The summed E-state index contributed by atoms with van der Waals surface area (Å²) in [5, 5.41) is 6.75. The van der Waals surface area contributed by atoms with Gasteiger partial charge in [0.15, 0.2) is 0 Å². The van der Waals surface area contributed by atoms with E-state index in [1.165, 1.54) is 24.8 Å². The van der Waals surface area contributed by atoms with Crippen molar-refractivity contribution in [2.75, 3.05) is 31.5 Å². The number of nitrogens with zero attached hydrogens (tertiary/aromatic N) is 2. The highest BCUT2D eigenvalue weighted by atomic mass is 35.5. The molecule has 2 aromatic carbocycles. The van der Waals surface area contributed by atoms with Crippen LogP contribution in [0.1, 0.15) is 56.9 Å². The van der Waals surface area contributed by atoms with Crippen molar-refractivity contribution < 1.29 is 19.1 Å². The summed E-state index contributed by atoms with van der Waals surface area (Å²) in [7, 11) is 0. The molecule has 3 saturated heterocycles. The molecule has 4 fully saturated rings. The third kappa shape index (κ3) is 6.24. The van der Waals surface area contributed by atoms with Gasteiger partial charge in [0.1, 0.15) is 11.6 Å². The Balaban J connectivity index is 1.04. The van der Waals surface area contributed by atoms with E-state index in [-0.39, 0.29) is 23.8 Å². The molecule has 2 aromatic rings. The van der Waals surface area contributed by atoms with E-state index in [1.807, 2.05) is 12.2 Å². The SMILES string of the molecule is O=C(Nc1cccc(Cl)c1)[C@H]1[C@H]2C=C[C@]3(O2)[C@H](C(=O)NC2CCCCC2)N(CCCN2CCC(Cc4ccccc4)CC2)C(=O)[C@@H]13. The zero-order valence-electron chi connectivity index (χ0n) is 26.4. The van der Waals surface area contributed by atoms with Crippen molar-refractivity contribution in [1.82, 2.24) is 15.1 Å². The van der Waals surface area contributed by atoms with Crippen LogP contribution in [0.15, 0.2) is 66.7 Å². The first-order valence-electron chi connectivity index (χ1n) is 17.2. The van der Waals surface area contributed by atoms with Crippen LogP contribution in [0.4, 0.5) is 5.69 Å². The number of amides is 3. The van der Waals surface area contributed by atoms with Crippen LogP contribution in [0.2, 0.25) is 5.02 Å². The van der Waals surface area contributed by atoms with Crippen molar-refractivity contribution >= 4 is 35.0 Å². The van der Waals surface area contributed by atoms with Crippen LogP contribution in [0, 0.1) is 17.8 Å². The van der Waals surface area contributed by atoms with E-state index in [0.29, 0.717) is 23.2 Å². The number of benzene rings is 2. The predicted molar refractivity (Wildman–Crippen MR) is 178 cm³/mol. The minimum atomic E-state index is -1.15. The molecule has 4 heterocycles. The molecule has 8 nitrogen and oxygen atoms in total. The van der Waals surface area contributed by atoms with Crippen molar-refractivity contribution in [3.8, 4) is 0 Å². The molecule has 0 aromatic heterocycles. The van der Waals surface area contributed by atoms with Gasteiger partial charge in [-0.25, -0.2) is 0 Å². The summed E-state index contributed by atoms with van der Waals surface area (Å²) >= 11 is 6.16. The molecule has 0 unspecified atom stereocenters. The Hall–Kier alpha value is -3.20. The van der Waals surface area contributed by atoms with Crippen LogP contribution >= 0.6 is 11.6 Å². The summed E-state index contributed by atoms with van der Waals surface area (Å²) in [4.78, 5) is 46.4. The number of hydrogen-bond acceptors (Lipinski definition) is 5. The number of fused-ring (bicyclic) bond motifs is 1. The summed E-state index contributed by atoms with van der Waals surface area (Å²) in [5.74, 6) is -1.40. The van der Waals surface area contributed by atoms with Crippen LogP contribution < -0.4 is 10.6 Å². The molecule has 0 radical (unpaired) electrons. The fraction of sp³-hybridized carbons (Fsp3) is 0.541. The number of rotatable bonds is 10. The molecule has 3 amide bonds. The van der Waals surface area contributed by atoms with Crippen LogP contribution in [-0.4, -0.2) is 77.5 Å². The summed E-state index contributed by atoms with van der Waals surface area (Å²) < 4.78 is 6.53. The first-order valence-corrected chi connectivity index (χ1v) is 17.6. The van der Waals surface area contributed by atoms with Crippen molar-refractivity contribution in [3.63, 3.8) is 0 Å². The first kappa shape index (κ1) is 31.4. The highest BCUT2D eigenvalue weighted by Crippen LogP contribution is 2.55. The summed E-state index contributed by atoms with van der Waals surface area (Å²) in [6.07, 6.45) is 12.7. The maximum atomic E-state index is 14.3. The second-order valence-corrected chi connectivity index (χ2v) is 14.3. The lowest BCUT2D eigenvalue weighted by atomic mass is 9.74. The molecular formula is C37H45ClN4O4. The fourth-order valence-electron chi connectivity index (χ4n) is 8.65. The second kappa shape index (κ2) is 13.5. The van der Waals surface area contributed by atoms with E-state index in [0.717, 1.165) is 58.2 Å². The highest BCUT2D eigenvalue weighted by molar-refractivity contribution is 6.30. The van der Waals surface area contributed by atoms with Crippen molar-refractivity contribution in [2.24, 2.45) is 17.8 Å². The Bertz CT molecular complexity index is 1450. The average Bonchev–Trinajstić information content (AvgIpc) is 3.70. The molecule has 4 aliphatic heterocycles. The molecule has 244 valence electrons. The smallest absolute Gasteiger partial charge is 0.246 e. The van der Waals surface area contributed by atoms with Crippen LogP contribution in [0.5, 0.6) is 0 Å². The highest BCUT2D eigenvalue weighted by Gasteiger charge is 2.72. The quantitative estimate of drug-likeness (QED) is 0.346. The van der Waals surface area contributed by atoms with Gasteiger partial charge in [0.2, 0.25) is 17.7 Å². The largest absolute Gasteiger partial charge is 0.359 e. The number of nitrogens with one attached hydrogen (secondary N) is 2. The Morgan fingerprint density at radius 3 is 2.48 bits per heavy atom. The summed E-state index contributed by atoms with van der Waals surface area (Å²) in [6, 6.07) is 17.0. The zero-order chi connectivity index (χ0) is 31.7. The van der Waals surface area contributed by atoms with Gasteiger partial charge in [-0.05, 0) is 87.8 Å². The predicted octanol–water partition coefficient (Wildman–Crippen LogP) is 5.22. The Labute approximate surface area is 276 Å². The van der Waals surface area contributed by atoms with Crippen molar-refractivity contribution in [3.05, 3.63) is 77.3 Å². The van der Waals surface area contributed by atoms with Gasteiger partial charge in [-0.2, -0.15) is 0 Å². The van der Waals surface area contributed by atoms with Gasteiger partial charge in [-0.15, -0.1) is 0 Å². The Morgan fingerprint density at radius 1 is 0.935 bits per heavy atom. The monoisotopic (exact) mass is 644 g/mol. The number of carbonyl (C=O) groups is 3. The molecule has 2 N–H and O–H groups in total. The molecular weight excluding hydrogens is 600 g/mol. The molecule has 7 rings (SSSR count). The van der Waals surface area contributed by atoms with Gasteiger partial charge in [0.25, 0.3) is 0 Å². The molecule has 1 saturated carbocycles. The lowest BCUT2D eigenvalue weighted by Crippen LogP contribution is -2.56. The molecule has 2 bridgehead atoms. The number of halogens is 1. The van der Waals surface area contributed by atoms with Crippen molar-refractivity contribution in [1.29, 1.82) is 0 Å². The van der Waals surface area contributed by atoms with Gasteiger partial charge in [0.05, 0.1) is 17.9 Å². The topological polar surface area (TPSA) is 91.0 Å². The third-order valence-corrected chi connectivity index (χ3v) is 11.2. The number of hydrogen-bond donors (Lipinski definition) is 2. The van der Waals surface area contributed by atoms with E-state index in [2.05, 4.69) is 45.9 Å². The maximum absolute atomic E-state index is 14.3. The van der Waals surface area contributed by atoms with E-state index >= 15 is 0 Å². The second-order valence-electron chi connectivity index (χ2n) is 13.9. The van der Waals surface area contributed by atoms with Crippen LogP contribution in [0.3, 0.4) is 0 Å². The van der Waals surface area contributed by atoms with Gasteiger partial charge in [-0.3, -0.25) is 14.4 Å². The fourth-order valence-corrected chi connectivity index (χ4v) is 8.84. The Morgan fingerprint density at radius 2 is 1.72 bits per heavy atom. The van der Waals surface area contributed by atoms with Crippen LogP contribution in [-0.2, 0) is 25.5 Å². The zero-order valence-corrected chi connectivity index (χ0v) is 27.2. The van der Waals surface area contributed by atoms with E-state index in [4.69, 9.17) is 16.3 Å². The Kier molecular flexibility index (Phi) is 9.21.